The summed E-state index contributed by atoms with van der Waals surface area (Å²) in [5, 5.41) is 0. The minimum atomic E-state index is -0.857. The van der Waals surface area contributed by atoms with Crippen molar-refractivity contribution in [1.29, 1.82) is 0 Å². The molecule has 2 atom stereocenters. The Labute approximate surface area is 166 Å². The highest BCUT2D eigenvalue weighted by Gasteiger charge is 2.34. The van der Waals surface area contributed by atoms with Gasteiger partial charge in [0.05, 0.1) is 24.2 Å². The first-order valence-electron chi connectivity index (χ1n) is 9.50. The quantitative estimate of drug-likeness (QED) is 0.750. The van der Waals surface area contributed by atoms with Crippen molar-refractivity contribution < 1.29 is 23.8 Å². The number of ether oxygens (including phenoxy) is 3. The van der Waals surface area contributed by atoms with Gasteiger partial charge in [-0.15, -0.1) is 0 Å². The number of carbonyl (C=O) groups excluding carboxylic acids is 2. The van der Waals surface area contributed by atoms with Crippen LogP contribution in [0.1, 0.15) is 72.4 Å². The molecule has 1 aliphatic rings. The summed E-state index contributed by atoms with van der Waals surface area (Å²) in [5.74, 6) is 0.316. The third-order valence-corrected chi connectivity index (χ3v) is 4.18. The number of aromatic nitrogens is 2. The van der Waals surface area contributed by atoms with Crippen molar-refractivity contribution in [3.05, 3.63) is 18.1 Å². The molecule has 0 aliphatic heterocycles. The number of nitrogens with zero attached hydrogens (tertiary/aromatic N) is 3. The zero-order chi connectivity index (χ0) is 21.1. The fourth-order valence-electron chi connectivity index (χ4n) is 2.96. The zero-order valence-electron chi connectivity index (χ0n) is 17.8. The van der Waals surface area contributed by atoms with Gasteiger partial charge in [0.1, 0.15) is 11.2 Å². The Morgan fingerprint density at radius 3 is 1.93 bits per heavy atom. The van der Waals surface area contributed by atoms with Crippen molar-refractivity contribution in [2.24, 2.45) is 0 Å². The Kier molecular flexibility index (Phi) is 6.64. The molecule has 1 saturated carbocycles. The number of hydrogen-bond donors (Lipinski definition) is 0. The van der Waals surface area contributed by atoms with Crippen molar-refractivity contribution in [1.82, 2.24) is 9.97 Å². The molecule has 0 saturated heterocycles. The summed E-state index contributed by atoms with van der Waals surface area (Å²) in [7, 11) is 1.71. The van der Waals surface area contributed by atoms with Crippen molar-refractivity contribution >= 4 is 18.0 Å². The smallest absolute Gasteiger partial charge is 0.425 e. The molecule has 1 aromatic heterocycles. The van der Waals surface area contributed by atoms with Gasteiger partial charge in [0.2, 0.25) is 0 Å². The van der Waals surface area contributed by atoms with E-state index in [1.165, 1.54) is 6.20 Å². The van der Waals surface area contributed by atoms with E-state index in [0.29, 0.717) is 0 Å². The van der Waals surface area contributed by atoms with E-state index < -0.39 is 23.4 Å². The molecule has 1 aromatic rings. The number of imide groups is 1. The molecule has 1 heterocycles. The van der Waals surface area contributed by atoms with E-state index >= 15 is 0 Å². The van der Waals surface area contributed by atoms with Crippen molar-refractivity contribution in [2.75, 3.05) is 12.0 Å². The molecule has 1 fully saturated rings. The summed E-state index contributed by atoms with van der Waals surface area (Å²) >= 11 is 0. The fourth-order valence-corrected chi connectivity index (χ4v) is 2.96. The average molecular weight is 393 g/mol. The summed E-state index contributed by atoms with van der Waals surface area (Å²) in [5.41, 5.74) is -0.732. The Morgan fingerprint density at radius 1 is 0.964 bits per heavy atom. The lowest BCUT2D eigenvalue weighted by Crippen LogP contribution is -2.44. The van der Waals surface area contributed by atoms with E-state index in [9.17, 15) is 9.59 Å². The van der Waals surface area contributed by atoms with Gasteiger partial charge >= 0.3 is 12.2 Å². The Morgan fingerprint density at radius 2 is 1.54 bits per heavy atom. The van der Waals surface area contributed by atoms with E-state index in [-0.39, 0.29) is 17.8 Å². The topological polar surface area (TPSA) is 90.8 Å². The normalized spacial score (nSPS) is 20.0. The molecule has 2 rings (SSSR count). The predicted octanol–water partition coefficient (Wildman–Crippen LogP) is 4.44. The van der Waals surface area contributed by atoms with Gasteiger partial charge in [-0.3, -0.25) is 4.98 Å². The maximum absolute atomic E-state index is 12.6. The SMILES string of the molecule is COC1CCC(c2cnc(N(C(=O)OC(C)(C)C)C(=O)OC(C)(C)C)cn2)C1. The third kappa shape index (κ3) is 6.15. The molecular weight excluding hydrogens is 362 g/mol. The van der Waals surface area contributed by atoms with Gasteiger partial charge in [-0.25, -0.2) is 14.6 Å². The number of carbonyl (C=O) groups is 2. The van der Waals surface area contributed by atoms with Crippen LogP contribution < -0.4 is 4.90 Å². The number of amides is 2. The lowest BCUT2D eigenvalue weighted by Gasteiger charge is -2.28. The van der Waals surface area contributed by atoms with Crippen molar-refractivity contribution in [3.63, 3.8) is 0 Å². The van der Waals surface area contributed by atoms with Gasteiger partial charge in [-0.05, 0) is 60.8 Å². The van der Waals surface area contributed by atoms with Gasteiger partial charge in [0.25, 0.3) is 0 Å². The molecule has 1 aliphatic carbocycles. The van der Waals surface area contributed by atoms with Gasteiger partial charge in [0, 0.05) is 13.0 Å². The molecule has 0 N–H and O–H groups in total. The van der Waals surface area contributed by atoms with Crippen LogP contribution in [-0.2, 0) is 14.2 Å². The van der Waals surface area contributed by atoms with Gasteiger partial charge in [0.15, 0.2) is 5.82 Å². The van der Waals surface area contributed by atoms with Crippen LogP contribution in [0.3, 0.4) is 0 Å². The maximum Gasteiger partial charge on any atom is 0.425 e. The molecule has 2 unspecified atom stereocenters. The average Bonchev–Trinajstić information content (AvgIpc) is 3.01. The number of hydrogen-bond acceptors (Lipinski definition) is 7. The van der Waals surface area contributed by atoms with Crippen LogP contribution in [0.4, 0.5) is 15.4 Å². The molecule has 0 radical (unpaired) electrons. The monoisotopic (exact) mass is 393 g/mol. The van der Waals surface area contributed by atoms with Gasteiger partial charge in [-0.2, -0.15) is 4.90 Å². The Bertz CT molecular complexity index is 663. The second-order valence-electron chi connectivity index (χ2n) is 8.96. The van der Waals surface area contributed by atoms with Crippen LogP contribution in [0.15, 0.2) is 12.4 Å². The van der Waals surface area contributed by atoms with Crippen LogP contribution in [0.2, 0.25) is 0 Å². The van der Waals surface area contributed by atoms with Crippen molar-refractivity contribution in [2.45, 2.75) is 84.0 Å². The molecule has 0 aromatic carbocycles. The predicted molar refractivity (Wildman–Crippen MR) is 104 cm³/mol. The number of rotatable bonds is 3. The highest BCUT2D eigenvalue weighted by Crippen LogP contribution is 2.34. The summed E-state index contributed by atoms with van der Waals surface area (Å²) in [6.45, 7) is 10.3. The number of anilines is 1. The van der Waals surface area contributed by atoms with E-state index in [4.69, 9.17) is 14.2 Å². The molecular formula is C20H31N3O5. The highest BCUT2D eigenvalue weighted by atomic mass is 16.6. The molecule has 0 spiro atoms. The fraction of sp³-hybridized carbons (Fsp3) is 0.700. The first-order valence-corrected chi connectivity index (χ1v) is 9.50. The van der Waals surface area contributed by atoms with Crippen LogP contribution >= 0.6 is 0 Å². The first kappa shape index (κ1) is 22.1. The van der Waals surface area contributed by atoms with Gasteiger partial charge < -0.3 is 14.2 Å². The molecule has 156 valence electrons. The summed E-state index contributed by atoms with van der Waals surface area (Å²) in [4.78, 5) is 34.8. The summed E-state index contributed by atoms with van der Waals surface area (Å²) in [6, 6.07) is 0. The highest BCUT2D eigenvalue weighted by molar-refractivity contribution is 6.08. The minimum Gasteiger partial charge on any atom is -0.443 e. The second kappa shape index (κ2) is 8.43. The first-order chi connectivity index (χ1) is 12.9. The van der Waals surface area contributed by atoms with Crippen LogP contribution in [0, 0.1) is 0 Å². The summed E-state index contributed by atoms with van der Waals surface area (Å²) in [6.07, 6.45) is 4.34. The zero-order valence-corrected chi connectivity index (χ0v) is 17.8. The Hall–Kier alpha value is -2.22. The van der Waals surface area contributed by atoms with Crippen LogP contribution in [0.5, 0.6) is 0 Å². The molecule has 8 heteroatoms. The molecule has 0 bridgehead atoms. The van der Waals surface area contributed by atoms with E-state index in [0.717, 1.165) is 29.9 Å². The summed E-state index contributed by atoms with van der Waals surface area (Å²) < 4.78 is 16.1. The maximum atomic E-state index is 12.6. The minimum absolute atomic E-state index is 0.0635. The second-order valence-corrected chi connectivity index (χ2v) is 8.96. The molecule has 8 nitrogen and oxygen atoms in total. The molecule has 28 heavy (non-hydrogen) atoms. The van der Waals surface area contributed by atoms with E-state index in [1.54, 1.807) is 54.8 Å². The number of methoxy groups -OCH3 is 1. The van der Waals surface area contributed by atoms with E-state index in [2.05, 4.69) is 9.97 Å². The van der Waals surface area contributed by atoms with Crippen LogP contribution in [0.25, 0.3) is 0 Å². The largest absolute Gasteiger partial charge is 0.443 e. The lowest BCUT2D eigenvalue weighted by molar-refractivity contribution is 0.0429. The Balaban J connectivity index is 2.24. The van der Waals surface area contributed by atoms with Crippen molar-refractivity contribution in [3.8, 4) is 0 Å². The lowest BCUT2D eigenvalue weighted by atomic mass is 10.0. The van der Waals surface area contributed by atoms with E-state index in [1.807, 2.05) is 0 Å². The third-order valence-electron chi connectivity index (χ3n) is 4.18. The van der Waals surface area contributed by atoms with Gasteiger partial charge in [-0.1, -0.05) is 0 Å². The van der Waals surface area contributed by atoms with Crippen LogP contribution in [-0.4, -0.2) is 46.6 Å². The molecule has 2 amide bonds. The standard InChI is InChI=1S/C20H31N3O5/c1-19(2,3)27-17(24)23(18(25)28-20(4,5)6)16-12-21-15(11-22-16)13-8-9-14(10-13)26-7/h11-14H,8-10H2,1-7H3.